The van der Waals surface area contributed by atoms with E-state index in [1.165, 1.54) is 12.7 Å². The Morgan fingerprint density at radius 2 is 2.19 bits per heavy atom. The molecule has 0 amide bonds. The third-order valence-corrected chi connectivity index (χ3v) is 3.27. The highest BCUT2D eigenvalue weighted by Crippen LogP contribution is 2.36. The Hall–Kier alpha value is -1.03. The average molecular weight is 242 g/mol. The first-order valence-corrected chi connectivity index (χ1v) is 5.82. The second kappa shape index (κ2) is 4.45. The molecule has 2 rings (SSSR count). The lowest BCUT2D eigenvalue weighted by Gasteiger charge is -2.24. The van der Waals surface area contributed by atoms with Crippen LogP contribution in [0.15, 0.2) is 6.33 Å². The molecule has 0 bridgehead atoms. The smallest absolute Gasteiger partial charge is 0.199 e. The van der Waals surface area contributed by atoms with Gasteiger partial charge in [-0.2, -0.15) is 0 Å². The van der Waals surface area contributed by atoms with E-state index in [-0.39, 0.29) is 0 Å². The molecule has 0 saturated carbocycles. The number of anilines is 1. The lowest BCUT2D eigenvalue weighted by molar-refractivity contribution is 0.410. The first-order chi connectivity index (χ1) is 7.63. The van der Waals surface area contributed by atoms with E-state index in [4.69, 9.17) is 16.3 Å². The maximum Gasteiger partial charge on any atom is 0.199 e. The molecule has 2 unspecified atom stereocenters. The number of hydrogen-bond acceptors (Lipinski definition) is 4. The van der Waals surface area contributed by atoms with E-state index >= 15 is 0 Å². The first-order valence-electron chi connectivity index (χ1n) is 5.44. The van der Waals surface area contributed by atoms with Crippen LogP contribution in [0.4, 0.5) is 5.82 Å². The van der Waals surface area contributed by atoms with Crippen LogP contribution in [0, 0.1) is 5.92 Å². The van der Waals surface area contributed by atoms with Crippen LogP contribution in [-0.4, -0.2) is 29.7 Å². The molecule has 1 aromatic heterocycles. The van der Waals surface area contributed by atoms with Crippen molar-refractivity contribution in [1.82, 2.24) is 9.97 Å². The number of hydrogen-bond donors (Lipinski definition) is 0. The standard InChI is InChI=1S/C11H16ClN3O/c1-7-4-8(2)15(5-7)11-9(16-3)10(12)13-6-14-11/h6-8H,4-5H2,1-3H3. The van der Waals surface area contributed by atoms with Crippen LogP contribution in [0.2, 0.25) is 5.15 Å². The zero-order chi connectivity index (χ0) is 11.7. The van der Waals surface area contributed by atoms with Gasteiger partial charge in [0, 0.05) is 12.6 Å². The Balaban J connectivity index is 2.36. The van der Waals surface area contributed by atoms with Gasteiger partial charge in [-0.3, -0.25) is 0 Å². The number of ether oxygens (including phenoxy) is 1. The summed E-state index contributed by atoms with van der Waals surface area (Å²) in [7, 11) is 1.60. The fraction of sp³-hybridized carbons (Fsp3) is 0.636. The van der Waals surface area contributed by atoms with E-state index < -0.39 is 0 Å². The third kappa shape index (κ3) is 1.94. The molecular formula is C11H16ClN3O. The van der Waals surface area contributed by atoms with Crippen LogP contribution in [0.25, 0.3) is 0 Å². The highest BCUT2D eigenvalue weighted by Gasteiger charge is 2.30. The van der Waals surface area contributed by atoms with E-state index in [2.05, 4.69) is 28.7 Å². The zero-order valence-corrected chi connectivity index (χ0v) is 10.5. The summed E-state index contributed by atoms with van der Waals surface area (Å²) in [6.07, 6.45) is 2.65. The van der Waals surface area contributed by atoms with E-state index in [9.17, 15) is 0 Å². The number of aromatic nitrogens is 2. The second-order valence-electron chi connectivity index (χ2n) is 4.36. The molecule has 0 aliphatic carbocycles. The summed E-state index contributed by atoms with van der Waals surface area (Å²) in [4.78, 5) is 10.4. The van der Waals surface area contributed by atoms with Crippen LogP contribution in [-0.2, 0) is 0 Å². The molecule has 0 radical (unpaired) electrons. The first kappa shape index (κ1) is 11.5. The van der Waals surface area contributed by atoms with Gasteiger partial charge in [0.25, 0.3) is 0 Å². The minimum absolute atomic E-state index is 0.374. The van der Waals surface area contributed by atoms with Crippen molar-refractivity contribution in [3.05, 3.63) is 11.5 Å². The van der Waals surface area contributed by atoms with Gasteiger partial charge in [-0.1, -0.05) is 18.5 Å². The van der Waals surface area contributed by atoms with Crippen molar-refractivity contribution in [2.75, 3.05) is 18.6 Å². The van der Waals surface area contributed by atoms with Crippen molar-refractivity contribution in [2.24, 2.45) is 5.92 Å². The molecule has 2 heterocycles. The Morgan fingerprint density at radius 1 is 1.44 bits per heavy atom. The lowest BCUT2D eigenvalue weighted by atomic mass is 10.1. The summed E-state index contributed by atoms with van der Waals surface area (Å²) >= 11 is 5.99. The maximum atomic E-state index is 5.99. The Bertz CT molecular complexity index is 385. The van der Waals surface area contributed by atoms with Gasteiger partial charge < -0.3 is 9.64 Å². The van der Waals surface area contributed by atoms with Crippen LogP contribution < -0.4 is 9.64 Å². The molecule has 1 aliphatic rings. The van der Waals surface area contributed by atoms with Gasteiger partial charge in [-0.15, -0.1) is 0 Å². The predicted molar refractivity (Wildman–Crippen MR) is 64.2 cm³/mol. The molecule has 5 heteroatoms. The van der Waals surface area contributed by atoms with E-state index in [1.54, 1.807) is 7.11 Å². The van der Waals surface area contributed by atoms with Gasteiger partial charge >= 0.3 is 0 Å². The minimum Gasteiger partial charge on any atom is -0.490 e. The molecule has 0 spiro atoms. The minimum atomic E-state index is 0.374. The predicted octanol–water partition coefficient (Wildman–Crippen LogP) is 2.37. The van der Waals surface area contributed by atoms with Crippen LogP contribution in [0.3, 0.4) is 0 Å². The van der Waals surface area contributed by atoms with Crippen molar-refractivity contribution in [1.29, 1.82) is 0 Å². The maximum absolute atomic E-state index is 5.99. The Morgan fingerprint density at radius 3 is 2.75 bits per heavy atom. The molecular weight excluding hydrogens is 226 g/mol. The molecule has 1 aromatic rings. The van der Waals surface area contributed by atoms with Crippen molar-refractivity contribution < 1.29 is 4.74 Å². The Labute approximate surface area is 101 Å². The molecule has 0 aromatic carbocycles. The highest BCUT2D eigenvalue weighted by molar-refractivity contribution is 6.31. The molecule has 4 nitrogen and oxygen atoms in total. The van der Waals surface area contributed by atoms with Crippen molar-refractivity contribution in [3.63, 3.8) is 0 Å². The number of nitrogens with zero attached hydrogens (tertiary/aromatic N) is 3. The summed E-state index contributed by atoms with van der Waals surface area (Å²) in [5, 5.41) is 0.374. The molecule has 88 valence electrons. The lowest BCUT2D eigenvalue weighted by Crippen LogP contribution is -2.28. The van der Waals surface area contributed by atoms with Crippen LogP contribution >= 0.6 is 11.6 Å². The summed E-state index contributed by atoms with van der Waals surface area (Å²) in [5.41, 5.74) is 0. The summed E-state index contributed by atoms with van der Waals surface area (Å²) in [6, 6.07) is 0.467. The number of methoxy groups -OCH3 is 1. The quantitative estimate of drug-likeness (QED) is 0.746. The topological polar surface area (TPSA) is 38.3 Å². The highest BCUT2D eigenvalue weighted by atomic mass is 35.5. The normalized spacial score (nSPS) is 24.9. The Kier molecular flexibility index (Phi) is 3.19. The fourth-order valence-corrected chi connectivity index (χ4v) is 2.52. The third-order valence-electron chi connectivity index (χ3n) is 3.00. The van der Waals surface area contributed by atoms with Crippen molar-refractivity contribution >= 4 is 17.4 Å². The number of halogens is 1. The van der Waals surface area contributed by atoms with Gasteiger partial charge in [0.15, 0.2) is 16.7 Å². The van der Waals surface area contributed by atoms with Gasteiger partial charge in [-0.25, -0.2) is 9.97 Å². The molecule has 16 heavy (non-hydrogen) atoms. The van der Waals surface area contributed by atoms with E-state index in [0.29, 0.717) is 22.9 Å². The van der Waals surface area contributed by atoms with Gasteiger partial charge in [-0.05, 0) is 19.3 Å². The van der Waals surface area contributed by atoms with Crippen LogP contribution in [0.1, 0.15) is 20.3 Å². The monoisotopic (exact) mass is 241 g/mol. The van der Waals surface area contributed by atoms with E-state index in [1.807, 2.05) is 0 Å². The molecule has 2 atom stereocenters. The second-order valence-corrected chi connectivity index (χ2v) is 4.72. The van der Waals surface area contributed by atoms with Crippen molar-refractivity contribution in [3.8, 4) is 5.75 Å². The summed E-state index contributed by atoms with van der Waals surface area (Å²) in [6.45, 7) is 5.43. The largest absolute Gasteiger partial charge is 0.490 e. The van der Waals surface area contributed by atoms with E-state index in [0.717, 1.165) is 12.4 Å². The summed E-state index contributed by atoms with van der Waals surface area (Å²) < 4.78 is 5.27. The fourth-order valence-electron chi connectivity index (χ4n) is 2.32. The molecule has 0 N–H and O–H groups in total. The molecule has 1 fully saturated rings. The van der Waals surface area contributed by atoms with Gasteiger partial charge in [0.2, 0.25) is 0 Å². The van der Waals surface area contributed by atoms with Gasteiger partial charge in [0.1, 0.15) is 6.33 Å². The summed E-state index contributed by atoms with van der Waals surface area (Å²) in [5.74, 6) is 2.05. The zero-order valence-electron chi connectivity index (χ0n) is 9.77. The molecule has 1 aliphatic heterocycles. The average Bonchev–Trinajstić information content (AvgIpc) is 2.57. The van der Waals surface area contributed by atoms with Gasteiger partial charge in [0.05, 0.1) is 7.11 Å². The number of rotatable bonds is 2. The van der Waals surface area contributed by atoms with Crippen molar-refractivity contribution in [2.45, 2.75) is 26.3 Å². The SMILES string of the molecule is COc1c(Cl)ncnc1N1CC(C)CC1C. The van der Waals surface area contributed by atoms with Crippen LogP contribution in [0.5, 0.6) is 5.75 Å². The molecule has 1 saturated heterocycles.